The highest BCUT2D eigenvalue weighted by Gasteiger charge is 2.14. The Labute approximate surface area is 96.4 Å². The lowest BCUT2D eigenvalue weighted by atomic mass is 10.0. The second-order valence-electron chi connectivity index (χ2n) is 3.62. The Bertz CT molecular complexity index is 330. The van der Waals surface area contributed by atoms with Crippen molar-refractivity contribution >= 4 is 5.97 Å². The number of rotatable bonds is 5. The fourth-order valence-corrected chi connectivity index (χ4v) is 1.44. The van der Waals surface area contributed by atoms with Crippen LogP contribution in [0.2, 0.25) is 0 Å². The summed E-state index contributed by atoms with van der Waals surface area (Å²) < 4.78 is 9.99. The van der Waals surface area contributed by atoms with Gasteiger partial charge in [0.1, 0.15) is 0 Å². The van der Waals surface area contributed by atoms with Gasteiger partial charge in [-0.05, 0) is 25.0 Å². The molecule has 1 atom stereocenters. The van der Waals surface area contributed by atoms with E-state index in [1.807, 2.05) is 38.1 Å². The number of esters is 1. The van der Waals surface area contributed by atoms with Crippen molar-refractivity contribution in [2.24, 2.45) is 0 Å². The van der Waals surface area contributed by atoms with E-state index in [4.69, 9.17) is 9.47 Å². The van der Waals surface area contributed by atoms with Crippen molar-refractivity contribution in [3.05, 3.63) is 35.4 Å². The molecule has 16 heavy (non-hydrogen) atoms. The van der Waals surface area contributed by atoms with Crippen LogP contribution in [0.5, 0.6) is 0 Å². The van der Waals surface area contributed by atoms with Gasteiger partial charge in [0.25, 0.3) is 0 Å². The van der Waals surface area contributed by atoms with E-state index in [0.717, 1.165) is 11.1 Å². The molecule has 1 unspecified atom stereocenters. The monoisotopic (exact) mass is 222 g/mol. The van der Waals surface area contributed by atoms with Crippen LogP contribution in [0.1, 0.15) is 30.9 Å². The molecule has 0 radical (unpaired) electrons. The Morgan fingerprint density at radius 1 is 1.31 bits per heavy atom. The number of carbonyl (C=O) groups excluding carboxylic acids is 1. The first-order valence-corrected chi connectivity index (χ1v) is 5.43. The quantitative estimate of drug-likeness (QED) is 0.718. The summed E-state index contributed by atoms with van der Waals surface area (Å²) in [6.07, 6.45) is 0. The number of hydrogen-bond acceptors (Lipinski definition) is 3. The molecule has 0 aliphatic rings. The Kier molecular flexibility index (Phi) is 4.99. The van der Waals surface area contributed by atoms with Crippen molar-refractivity contribution in [1.29, 1.82) is 0 Å². The normalized spacial score (nSPS) is 12.2. The molecular weight excluding hydrogens is 204 g/mol. The predicted molar refractivity (Wildman–Crippen MR) is 62.2 cm³/mol. The molecular formula is C13H18O3. The van der Waals surface area contributed by atoms with Gasteiger partial charge in [-0.2, -0.15) is 0 Å². The van der Waals surface area contributed by atoms with Gasteiger partial charge in [-0.15, -0.1) is 0 Å². The van der Waals surface area contributed by atoms with Gasteiger partial charge in [0.15, 0.2) is 0 Å². The summed E-state index contributed by atoms with van der Waals surface area (Å²) in [6, 6.07) is 7.83. The van der Waals surface area contributed by atoms with Crippen molar-refractivity contribution in [1.82, 2.24) is 0 Å². The molecule has 1 aromatic carbocycles. The minimum atomic E-state index is -0.217. The minimum Gasteiger partial charge on any atom is -0.469 e. The third-order valence-corrected chi connectivity index (χ3v) is 2.51. The van der Waals surface area contributed by atoms with Gasteiger partial charge in [0.05, 0.1) is 19.6 Å². The topological polar surface area (TPSA) is 35.5 Å². The van der Waals surface area contributed by atoms with E-state index in [1.165, 1.54) is 7.11 Å². The summed E-state index contributed by atoms with van der Waals surface area (Å²) in [7, 11) is 1.41. The van der Waals surface area contributed by atoms with Gasteiger partial charge in [0, 0.05) is 6.61 Å². The zero-order chi connectivity index (χ0) is 12.0. The van der Waals surface area contributed by atoms with Crippen LogP contribution in [-0.4, -0.2) is 19.7 Å². The summed E-state index contributed by atoms with van der Waals surface area (Å²) >= 11 is 0. The minimum absolute atomic E-state index is 0.211. The molecule has 0 bridgehead atoms. The van der Waals surface area contributed by atoms with E-state index in [9.17, 15) is 4.79 Å². The number of carbonyl (C=O) groups is 1. The van der Waals surface area contributed by atoms with E-state index in [-0.39, 0.29) is 11.9 Å². The predicted octanol–water partition coefficient (Wildman–Crippen LogP) is 2.50. The molecule has 0 amide bonds. The number of methoxy groups -OCH3 is 1. The van der Waals surface area contributed by atoms with Crippen LogP contribution in [0, 0.1) is 0 Å². The highest BCUT2D eigenvalue weighted by Crippen LogP contribution is 2.17. The molecule has 1 aromatic rings. The van der Waals surface area contributed by atoms with Crippen molar-refractivity contribution in [3.8, 4) is 0 Å². The van der Waals surface area contributed by atoms with Gasteiger partial charge >= 0.3 is 5.97 Å². The van der Waals surface area contributed by atoms with E-state index >= 15 is 0 Å². The molecule has 0 fully saturated rings. The fraction of sp³-hybridized carbons (Fsp3) is 0.462. The molecule has 0 aliphatic heterocycles. The smallest absolute Gasteiger partial charge is 0.312 e. The van der Waals surface area contributed by atoms with Gasteiger partial charge in [-0.3, -0.25) is 4.79 Å². The summed E-state index contributed by atoms with van der Waals surface area (Å²) in [6.45, 7) is 5.13. The van der Waals surface area contributed by atoms with Gasteiger partial charge in [-0.1, -0.05) is 24.3 Å². The summed E-state index contributed by atoms with van der Waals surface area (Å²) in [5, 5.41) is 0. The lowest BCUT2D eigenvalue weighted by molar-refractivity contribution is -0.141. The van der Waals surface area contributed by atoms with Crippen LogP contribution in [0.4, 0.5) is 0 Å². The molecule has 0 aliphatic carbocycles. The van der Waals surface area contributed by atoms with E-state index in [0.29, 0.717) is 13.2 Å². The number of hydrogen-bond donors (Lipinski definition) is 0. The molecule has 1 rings (SSSR count). The molecule has 0 N–H and O–H groups in total. The van der Waals surface area contributed by atoms with Crippen LogP contribution in [0.25, 0.3) is 0 Å². The van der Waals surface area contributed by atoms with Crippen LogP contribution < -0.4 is 0 Å². The lowest BCUT2D eigenvalue weighted by Gasteiger charge is -2.10. The van der Waals surface area contributed by atoms with Crippen LogP contribution in [0.15, 0.2) is 24.3 Å². The summed E-state index contributed by atoms with van der Waals surface area (Å²) in [5.74, 6) is -0.427. The van der Waals surface area contributed by atoms with E-state index < -0.39 is 0 Å². The van der Waals surface area contributed by atoms with Crippen LogP contribution in [0.3, 0.4) is 0 Å². The third kappa shape index (κ3) is 3.35. The molecule has 3 nitrogen and oxygen atoms in total. The van der Waals surface area contributed by atoms with Crippen molar-refractivity contribution in [2.45, 2.75) is 26.4 Å². The van der Waals surface area contributed by atoms with Gasteiger partial charge in [0.2, 0.25) is 0 Å². The fourth-order valence-electron chi connectivity index (χ4n) is 1.44. The Hall–Kier alpha value is -1.35. The second-order valence-corrected chi connectivity index (χ2v) is 3.62. The first-order chi connectivity index (χ1) is 7.69. The van der Waals surface area contributed by atoms with Gasteiger partial charge < -0.3 is 9.47 Å². The second kappa shape index (κ2) is 6.28. The maximum absolute atomic E-state index is 11.3. The van der Waals surface area contributed by atoms with Crippen molar-refractivity contribution in [2.75, 3.05) is 13.7 Å². The summed E-state index contributed by atoms with van der Waals surface area (Å²) in [5.41, 5.74) is 2.08. The van der Waals surface area contributed by atoms with Crippen molar-refractivity contribution in [3.63, 3.8) is 0 Å². The number of benzene rings is 1. The standard InChI is InChI=1S/C13H18O3/c1-4-16-9-11-5-7-12(8-6-11)10(2)13(14)15-3/h5-8,10H,4,9H2,1-3H3. The highest BCUT2D eigenvalue weighted by atomic mass is 16.5. The SMILES string of the molecule is CCOCc1ccc(C(C)C(=O)OC)cc1. The van der Waals surface area contributed by atoms with E-state index in [2.05, 4.69) is 0 Å². The maximum Gasteiger partial charge on any atom is 0.312 e. The Morgan fingerprint density at radius 3 is 2.44 bits per heavy atom. The Morgan fingerprint density at radius 2 is 1.94 bits per heavy atom. The lowest BCUT2D eigenvalue weighted by Crippen LogP contribution is -2.10. The molecule has 0 heterocycles. The largest absolute Gasteiger partial charge is 0.469 e. The van der Waals surface area contributed by atoms with Crippen LogP contribution in [-0.2, 0) is 20.9 Å². The molecule has 0 spiro atoms. The maximum atomic E-state index is 11.3. The van der Waals surface area contributed by atoms with Gasteiger partial charge in [-0.25, -0.2) is 0 Å². The molecule has 0 saturated carbocycles. The number of ether oxygens (including phenoxy) is 2. The molecule has 0 saturated heterocycles. The highest BCUT2D eigenvalue weighted by molar-refractivity contribution is 5.77. The average molecular weight is 222 g/mol. The van der Waals surface area contributed by atoms with Crippen molar-refractivity contribution < 1.29 is 14.3 Å². The first kappa shape index (κ1) is 12.7. The van der Waals surface area contributed by atoms with Crippen LogP contribution >= 0.6 is 0 Å². The zero-order valence-electron chi connectivity index (χ0n) is 10.0. The summed E-state index contributed by atoms with van der Waals surface area (Å²) in [4.78, 5) is 11.3. The van der Waals surface area contributed by atoms with E-state index in [1.54, 1.807) is 0 Å². The first-order valence-electron chi connectivity index (χ1n) is 5.43. The molecule has 3 heteroatoms. The zero-order valence-corrected chi connectivity index (χ0v) is 10.0. The molecule has 88 valence electrons. The molecule has 0 aromatic heterocycles. The average Bonchev–Trinajstić information content (AvgIpc) is 2.35. The third-order valence-electron chi connectivity index (χ3n) is 2.51. The Balaban J connectivity index is 2.67.